The van der Waals surface area contributed by atoms with E-state index in [1.54, 1.807) is 6.20 Å². The van der Waals surface area contributed by atoms with Gasteiger partial charge in [0, 0.05) is 68.5 Å². The second-order valence-electron chi connectivity index (χ2n) is 7.59. The lowest BCUT2D eigenvalue weighted by Gasteiger charge is -2.03. The minimum absolute atomic E-state index is 0.843. The Morgan fingerprint density at radius 2 is 1.03 bits per heavy atom. The molecule has 0 radical (unpaired) electrons. The summed E-state index contributed by atoms with van der Waals surface area (Å²) in [6.07, 6.45) is 9.23. The molecule has 34 heavy (non-hydrogen) atoms. The summed E-state index contributed by atoms with van der Waals surface area (Å²) < 4.78 is 1.82. The number of halogens is 2. The van der Waals surface area contributed by atoms with Crippen molar-refractivity contribution in [3.63, 3.8) is 0 Å². The molecule has 0 saturated carbocycles. The summed E-state index contributed by atoms with van der Waals surface area (Å²) in [7, 11) is 0. The fraction of sp³-hybridized carbons (Fsp3) is 0. The Morgan fingerprint density at radius 1 is 0.471 bits per heavy atom. The van der Waals surface area contributed by atoms with Crippen molar-refractivity contribution in [1.82, 2.24) is 19.9 Å². The van der Waals surface area contributed by atoms with Crippen LogP contribution in [-0.2, 0) is 0 Å². The molecule has 0 aliphatic carbocycles. The monoisotopic (exact) mass is 568 g/mol. The summed E-state index contributed by atoms with van der Waals surface area (Å²) in [5.74, 6) is 0. The maximum atomic E-state index is 4.44. The summed E-state index contributed by atoms with van der Waals surface area (Å²) in [6.45, 7) is 0. The molecule has 0 aliphatic rings. The molecule has 0 amide bonds. The Morgan fingerprint density at radius 3 is 1.62 bits per heavy atom. The van der Waals surface area contributed by atoms with Gasteiger partial charge in [0.25, 0.3) is 0 Å². The van der Waals surface area contributed by atoms with Crippen LogP contribution in [0.3, 0.4) is 0 Å². The lowest BCUT2D eigenvalue weighted by Crippen LogP contribution is -1.84. The van der Waals surface area contributed by atoms with Crippen LogP contribution in [0.1, 0.15) is 0 Å². The number of rotatable bonds is 2. The molecule has 4 heterocycles. The molecule has 6 rings (SSSR count). The lowest BCUT2D eigenvalue weighted by atomic mass is 10.1. The number of hydrogen-bond acceptors (Lipinski definition) is 4. The van der Waals surface area contributed by atoms with Crippen molar-refractivity contribution in [2.24, 2.45) is 0 Å². The third kappa shape index (κ3) is 5.19. The third-order valence-electron chi connectivity index (χ3n) is 5.28. The third-order valence-corrected chi connectivity index (χ3v) is 6.18. The predicted molar refractivity (Wildman–Crippen MR) is 145 cm³/mol. The van der Waals surface area contributed by atoms with E-state index in [9.17, 15) is 0 Å². The first-order valence-electron chi connectivity index (χ1n) is 10.6. The molecule has 6 heteroatoms. The lowest BCUT2D eigenvalue weighted by molar-refractivity contribution is 1.27. The van der Waals surface area contributed by atoms with Gasteiger partial charge < -0.3 is 0 Å². The summed E-state index contributed by atoms with van der Waals surface area (Å²) in [5, 5.41) is 2.29. The molecule has 164 valence electrons. The zero-order chi connectivity index (χ0) is 23.3. The van der Waals surface area contributed by atoms with Crippen molar-refractivity contribution >= 4 is 53.7 Å². The van der Waals surface area contributed by atoms with Crippen LogP contribution in [0.25, 0.3) is 44.1 Å². The molecule has 0 aliphatic heterocycles. The maximum absolute atomic E-state index is 4.44. The van der Waals surface area contributed by atoms with E-state index in [-0.39, 0.29) is 0 Å². The first-order valence-corrected chi connectivity index (χ1v) is 12.2. The van der Waals surface area contributed by atoms with Gasteiger partial charge in [-0.15, -0.1) is 0 Å². The highest BCUT2D eigenvalue weighted by molar-refractivity contribution is 9.10. The second-order valence-corrected chi connectivity index (χ2v) is 9.32. The van der Waals surface area contributed by atoms with Gasteiger partial charge >= 0.3 is 0 Å². The van der Waals surface area contributed by atoms with Crippen LogP contribution < -0.4 is 0 Å². The van der Waals surface area contributed by atoms with E-state index in [4.69, 9.17) is 0 Å². The van der Waals surface area contributed by atoms with Crippen LogP contribution in [-0.4, -0.2) is 19.9 Å². The van der Waals surface area contributed by atoms with Crippen LogP contribution in [0.5, 0.6) is 0 Å². The Bertz CT molecular complexity index is 1580. The van der Waals surface area contributed by atoms with E-state index < -0.39 is 0 Å². The SMILES string of the molecule is Brc1ccc(-c2cnc3ccccc3c2)cn1.Brc1cncc(-c2cnc3ccccc3c2)c1. The minimum atomic E-state index is 0.843. The molecule has 4 nitrogen and oxygen atoms in total. The van der Waals surface area contributed by atoms with Gasteiger partial charge in [-0.3, -0.25) is 15.0 Å². The number of hydrogen-bond donors (Lipinski definition) is 0. The number of nitrogens with zero attached hydrogens (tertiary/aromatic N) is 4. The fourth-order valence-corrected chi connectivity index (χ4v) is 4.17. The van der Waals surface area contributed by atoms with E-state index in [0.717, 1.165) is 53.1 Å². The van der Waals surface area contributed by atoms with Crippen molar-refractivity contribution in [2.75, 3.05) is 0 Å². The summed E-state index contributed by atoms with van der Waals surface area (Å²) in [6, 6.07) is 26.5. The van der Waals surface area contributed by atoms with Gasteiger partial charge in [0.05, 0.1) is 11.0 Å². The highest BCUT2D eigenvalue weighted by atomic mass is 79.9. The van der Waals surface area contributed by atoms with Crippen molar-refractivity contribution in [1.29, 1.82) is 0 Å². The minimum Gasteiger partial charge on any atom is -0.263 e. The highest BCUT2D eigenvalue weighted by Crippen LogP contribution is 2.24. The average Bonchev–Trinajstić information content (AvgIpc) is 2.89. The molecule has 2 aromatic carbocycles. The van der Waals surface area contributed by atoms with E-state index in [0.29, 0.717) is 0 Å². The van der Waals surface area contributed by atoms with E-state index >= 15 is 0 Å². The Labute approximate surface area is 214 Å². The van der Waals surface area contributed by atoms with Gasteiger partial charge in [-0.05, 0) is 68.3 Å². The topological polar surface area (TPSA) is 51.6 Å². The maximum Gasteiger partial charge on any atom is 0.106 e. The van der Waals surface area contributed by atoms with E-state index in [1.165, 1.54) is 0 Å². The molecule has 0 fully saturated rings. The standard InChI is InChI=1S/2C14H9BrN2/c15-13-6-12(7-16-9-13)11-5-10-3-1-2-4-14(10)17-8-11;15-14-6-5-11(8-17-14)12-7-10-3-1-2-4-13(10)16-9-12/h2*1-9H. The van der Waals surface area contributed by atoms with Crippen molar-refractivity contribution in [3.8, 4) is 22.3 Å². The van der Waals surface area contributed by atoms with Crippen molar-refractivity contribution < 1.29 is 0 Å². The Hall–Kier alpha value is -3.48. The Balaban J connectivity index is 0.000000142. The van der Waals surface area contributed by atoms with Gasteiger partial charge in [0.1, 0.15) is 4.60 Å². The molecule has 4 aromatic heterocycles. The summed E-state index contributed by atoms with van der Waals surface area (Å²) >= 11 is 6.76. The van der Waals surface area contributed by atoms with Gasteiger partial charge in [-0.2, -0.15) is 0 Å². The predicted octanol–water partition coefficient (Wildman–Crippen LogP) is 8.12. The van der Waals surface area contributed by atoms with Gasteiger partial charge in [0.15, 0.2) is 0 Å². The molecule has 0 N–H and O–H groups in total. The van der Waals surface area contributed by atoms with Gasteiger partial charge in [-0.1, -0.05) is 42.5 Å². The number of aromatic nitrogens is 4. The van der Waals surface area contributed by atoms with Gasteiger partial charge in [-0.25, -0.2) is 4.98 Å². The zero-order valence-electron chi connectivity index (χ0n) is 17.9. The Kier molecular flexibility index (Phi) is 6.70. The molecular weight excluding hydrogens is 552 g/mol. The highest BCUT2D eigenvalue weighted by Gasteiger charge is 2.02. The van der Waals surface area contributed by atoms with Crippen LogP contribution in [0, 0.1) is 0 Å². The summed E-state index contributed by atoms with van der Waals surface area (Å²) in [4.78, 5) is 17.3. The zero-order valence-corrected chi connectivity index (χ0v) is 21.1. The molecule has 0 spiro atoms. The molecule has 0 unspecified atom stereocenters. The largest absolute Gasteiger partial charge is 0.263 e. The first kappa shape index (κ1) is 22.3. The normalized spacial score (nSPS) is 10.6. The average molecular weight is 570 g/mol. The number of fused-ring (bicyclic) bond motifs is 2. The van der Waals surface area contributed by atoms with Crippen molar-refractivity contribution in [2.45, 2.75) is 0 Å². The van der Waals surface area contributed by atoms with Crippen LogP contribution in [0.4, 0.5) is 0 Å². The number of pyridine rings is 4. The molecule has 0 bridgehead atoms. The van der Waals surface area contributed by atoms with Crippen LogP contribution in [0.15, 0.2) is 119 Å². The van der Waals surface area contributed by atoms with Gasteiger partial charge in [0.2, 0.25) is 0 Å². The summed E-state index contributed by atoms with van der Waals surface area (Å²) in [5.41, 5.74) is 6.34. The van der Waals surface area contributed by atoms with E-state index in [1.807, 2.05) is 79.4 Å². The van der Waals surface area contributed by atoms with E-state index in [2.05, 4.69) is 76.1 Å². The molecule has 6 aromatic rings. The quantitative estimate of drug-likeness (QED) is 0.198. The molecular formula is C28H18Br2N4. The first-order chi connectivity index (χ1) is 16.7. The fourth-order valence-electron chi connectivity index (χ4n) is 3.57. The number of para-hydroxylation sites is 2. The number of benzene rings is 2. The second kappa shape index (κ2) is 10.2. The molecule has 0 atom stereocenters. The molecule has 0 saturated heterocycles. The smallest absolute Gasteiger partial charge is 0.106 e. The van der Waals surface area contributed by atoms with Crippen LogP contribution in [0.2, 0.25) is 0 Å². The van der Waals surface area contributed by atoms with Crippen molar-refractivity contribution in [3.05, 3.63) is 119 Å². The van der Waals surface area contributed by atoms with Crippen LogP contribution >= 0.6 is 31.9 Å².